The van der Waals surface area contributed by atoms with E-state index in [1.807, 2.05) is 50.8 Å². The smallest absolute Gasteiger partial charge is 0.129 e. The summed E-state index contributed by atoms with van der Waals surface area (Å²) < 4.78 is 3.88. The van der Waals surface area contributed by atoms with Crippen LogP contribution in [0.3, 0.4) is 0 Å². The van der Waals surface area contributed by atoms with Crippen molar-refractivity contribution in [3.8, 4) is 0 Å². The molecular weight excluding hydrogens is 316 g/mol. The minimum atomic E-state index is 0.255. The van der Waals surface area contributed by atoms with E-state index in [1.54, 1.807) is 6.92 Å². The molecule has 0 bridgehead atoms. The molecule has 0 N–H and O–H groups in total. The Morgan fingerprint density at radius 1 is 1.16 bits per heavy atom. The summed E-state index contributed by atoms with van der Waals surface area (Å²) in [7, 11) is 14.1. The van der Waals surface area contributed by atoms with Gasteiger partial charge in [0.15, 0.2) is 0 Å². The summed E-state index contributed by atoms with van der Waals surface area (Å²) in [6.07, 6.45) is 0.667. The number of ketones is 1. The molecule has 0 aromatic heterocycles. The summed E-state index contributed by atoms with van der Waals surface area (Å²) in [5, 5.41) is 0. The predicted octanol–water partition coefficient (Wildman–Crippen LogP) is 3.25. The van der Waals surface area contributed by atoms with Gasteiger partial charge in [-0.25, -0.2) is 0 Å². The van der Waals surface area contributed by atoms with E-state index in [0.29, 0.717) is 12.2 Å². The van der Waals surface area contributed by atoms with Crippen molar-refractivity contribution in [1.82, 2.24) is 9.11 Å². The summed E-state index contributed by atoms with van der Waals surface area (Å²) in [5.41, 5.74) is 0. The van der Waals surface area contributed by atoms with Crippen LogP contribution in [0.4, 0.5) is 0 Å². The summed E-state index contributed by atoms with van der Waals surface area (Å²) >= 11 is 0. The Bertz CT molecular complexity index is 151. The van der Waals surface area contributed by atoms with Crippen LogP contribution in [-0.4, -0.2) is 41.6 Å². The van der Waals surface area contributed by atoms with Gasteiger partial charge in [0.1, 0.15) is 12.6 Å². The lowest BCUT2D eigenvalue weighted by molar-refractivity contribution is -0.116. The Labute approximate surface area is 130 Å². The van der Waals surface area contributed by atoms with Crippen molar-refractivity contribution >= 4 is 50.0 Å². The van der Waals surface area contributed by atoms with Crippen LogP contribution in [-0.2, 0) is 9.59 Å². The van der Waals surface area contributed by atoms with Crippen LogP contribution in [0.5, 0.6) is 0 Å². The van der Waals surface area contributed by atoms with Crippen LogP contribution < -0.4 is 0 Å². The van der Waals surface area contributed by atoms with Gasteiger partial charge in [0.05, 0.1) is 0 Å². The molecule has 0 saturated heterocycles. The minimum Gasteiger partial charge on any atom is -0.307 e. The molecule has 0 aromatic carbocycles. The van der Waals surface area contributed by atoms with Gasteiger partial charge in [-0.1, -0.05) is 48.9 Å². The monoisotopic (exact) mass is 350 g/mol. The third kappa shape index (κ3) is 112. The van der Waals surface area contributed by atoms with E-state index in [0.717, 1.165) is 0 Å². The maximum atomic E-state index is 9.81. The molecule has 120 valence electrons. The lowest BCUT2D eigenvalue weighted by Crippen LogP contribution is -2.09. The van der Waals surface area contributed by atoms with E-state index in [9.17, 15) is 4.79 Å². The number of Topliss-reactive ketones (excluding diaryl/α,β-unsaturated/α-hetero) is 1. The van der Waals surface area contributed by atoms with Crippen LogP contribution in [0.1, 0.15) is 41.0 Å². The third-order valence-corrected chi connectivity index (χ3v) is 2.43. The van der Waals surface area contributed by atoms with E-state index >= 15 is 0 Å². The molecule has 0 aromatic rings. The Morgan fingerprint density at radius 2 is 1.26 bits per heavy atom. The molecule has 0 rings (SSSR count). The number of carbonyl (C=O) groups excluding carboxylic acids is 2. The Balaban J connectivity index is -0.0000000461. The average Bonchev–Trinajstić information content (AvgIpc) is 2.34. The Kier molecular flexibility index (Phi) is 53.0. The highest BCUT2D eigenvalue weighted by Crippen LogP contribution is 2.06. The Morgan fingerprint density at radius 3 is 1.26 bits per heavy atom. The molecule has 0 fully saturated rings. The van der Waals surface area contributed by atoms with Crippen molar-refractivity contribution < 1.29 is 9.59 Å². The van der Waals surface area contributed by atoms with Crippen LogP contribution in [0.15, 0.2) is 0 Å². The molecule has 0 aliphatic rings. The molecule has 0 amide bonds. The van der Waals surface area contributed by atoms with Crippen LogP contribution >= 0.6 is 37.4 Å². The normalized spacial score (nSPS) is 9.32. The molecule has 19 heavy (non-hydrogen) atoms. The molecule has 5 unspecified atom stereocenters. The Hall–Kier alpha value is 0.980. The van der Waals surface area contributed by atoms with Crippen LogP contribution in [0.2, 0.25) is 0 Å². The second kappa shape index (κ2) is 31.4. The number of rotatable bonds is 2. The van der Waals surface area contributed by atoms with E-state index in [2.05, 4.69) is 44.3 Å². The molecule has 5 atom stereocenters. The van der Waals surface area contributed by atoms with Gasteiger partial charge in [0, 0.05) is 12.2 Å². The van der Waals surface area contributed by atoms with Crippen LogP contribution in [0, 0.1) is 0 Å². The van der Waals surface area contributed by atoms with Gasteiger partial charge in [0.2, 0.25) is 0 Å². The molecular formula is C11H34N2O2P4. The molecule has 0 aliphatic carbocycles. The average molecular weight is 350 g/mol. The second-order valence-electron chi connectivity index (χ2n) is 3.13. The molecule has 0 saturated carbocycles. The SMILES string of the molecule is C=O.CC.CC(P)N(C)P.CCC(C)=O.CN(P)P. The van der Waals surface area contributed by atoms with Crippen molar-refractivity contribution in [3.63, 3.8) is 0 Å². The highest BCUT2D eigenvalue weighted by atomic mass is 31.1. The third-order valence-electron chi connectivity index (χ3n) is 1.14. The molecule has 0 spiro atoms. The summed E-state index contributed by atoms with van der Waals surface area (Å²) in [6, 6.07) is 0. The second-order valence-corrected chi connectivity index (χ2v) is 7.13. The molecule has 0 heterocycles. The lowest BCUT2D eigenvalue weighted by Gasteiger charge is -2.11. The van der Waals surface area contributed by atoms with Gasteiger partial charge < -0.3 is 9.59 Å². The van der Waals surface area contributed by atoms with E-state index in [1.165, 1.54) is 0 Å². The standard InChI is InChI=1S/C4H8O.C3H11NP2.C2H6.CH7NP2.CH2O/c1-3-4(2)5;1-3(5)4(2)6;1-2;1-2(3)4;1-2/h3H2,1-2H3;3H,5-6H2,1-2H3;1-2H3;3-4H2,1H3;1H2. The zero-order chi connectivity index (χ0) is 17.0. The van der Waals surface area contributed by atoms with Gasteiger partial charge in [0.25, 0.3) is 0 Å². The summed E-state index contributed by atoms with van der Waals surface area (Å²) in [6.45, 7) is 11.5. The molecule has 0 radical (unpaired) electrons. The van der Waals surface area contributed by atoms with E-state index < -0.39 is 0 Å². The van der Waals surface area contributed by atoms with E-state index in [4.69, 9.17) is 4.79 Å². The number of carbonyl (C=O) groups is 2. The van der Waals surface area contributed by atoms with Crippen molar-refractivity contribution in [3.05, 3.63) is 0 Å². The summed E-state index contributed by atoms with van der Waals surface area (Å²) in [4.78, 5) is 17.8. The van der Waals surface area contributed by atoms with Crippen molar-refractivity contribution in [2.75, 3.05) is 14.1 Å². The zero-order valence-corrected chi connectivity index (χ0v) is 18.1. The quantitative estimate of drug-likeness (QED) is 0.717. The fourth-order valence-corrected chi connectivity index (χ4v) is 0. The maximum Gasteiger partial charge on any atom is 0.129 e. The van der Waals surface area contributed by atoms with Crippen molar-refractivity contribution in [2.24, 2.45) is 0 Å². The molecule has 0 aliphatic heterocycles. The highest BCUT2D eigenvalue weighted by Gasteiger charge is 1.90. The van der Waals surface area contributed by atoms with E-state index in [-0.39, 0.29) is 5.78 Å². The first-order valence-electron chi connectivity index (χ1n) is 5.89. The first kappa shape index (κ1) is 32.1. The summed E-state index contributed by atoms with van der Waals surface area (Å²) in [5.74, 6) is 0.819. The minimum absolute atomic E-state index is 0.255. The van der Waals surface area contributed by atoms with Gasteiger partial charge in [-0.2, -0.15) is 0 Å². The first-order valence-corrected chi connectivity index (χ1v) is 8.11. The van der Waals surface area contributed by atoms with Gasteiger partial charge in [-0.15, -0.1) is 9.24 Å². The molecule has 8 heteroatoms. The molecule has 4 nitrogen and oxygen atoms in total. The predicted molar refractivity (Wildman–Crippen MR) is 103 cm³/mol. The maximum absolute atomic E-state index is 9.81. The fraction of sp³-hybridized carbons (Fsp3) is 0.818. The van der Waals surface area contributed by atoms with Gasteiger partial charge >= 0.3 is 0 Å². The topological polar surface area (TPSA) is 40.6 Å². The van der Waals surface area contributed by atoms with Gasteiger partial charge in [-0.3, -0.25) is 9.11 Å². The lowest BCUT2D eigenvalue weighted by atomic mass is 10.4. The largest absolute Gasteiger partial charge is 0.307 e. The van der Waals surface area contributed by atoms with Crippen molar-refractivity contribution in [1.29, 1.82) is 0 Å². The van der Waals surface area contributed by atoms with Gasteiger partial charge in [-0.05, 0) is 27.9 Å². The first-order chi connectivity index (χ1) is 8.64. The van der Waals surface area contributed by atoms with Crippen LogP contribution in [0.25, 0.3) is 0 Å². The zero-order valence-electron chi connectivity index (χ0n) is 13.5. The highest BCUT2D eigenvalue weighted by molar-refractivity contribution is 7.30. The number of hydrogen-bond acceptors (Lipinski definition) is 4. The number of hydrogen-bond donors (Lipinski definition) is 0. The van der Waals surface area contributed by atoms with Crippen molar-refractivity contribution in [2.45, 2.75) is 46.8 Å². The number of nitrogens with zero attached hydrogens (tertiary/aromatic N) is 2. The fourth-order valence-electron chi connectivity index (χ4n) is 0.